The van der Waals surface area contributed by atoms with Crippen LogP contribution >= 0.6 is 0 Å². The number of carbonyl (C=O) groups excluding carboxylic acids is 1. The van der Waals surface area contributed by atoms with Gasteiger partial charge in [-0.3, -0.25) is 4.79 Å². The Kier molecular flexibility index (Phi) is 7.62. The molecular formula is C25H32N2O2. The van der Waals surface area contributed by atoms with Crippen molar-refractivity contribution >= 4 is 17.6 Å². The van der Waals surface area contributed by atoms with E-state index in [1.807, 2.05) is 0 Å². The molecule has 0 saturated heterocycles. The van der Waals surface area contributed by atoms with Crippen molar-refractivity contribution in [2.24, 2.45) is 11.5 Å². The van der Waals surface area contributed by atoms with Gasteiger partial charge in [0.15, 0.2) is 0 Å². The van der Waals surface area contributed by atoms with Crippen LogP contribution in [-0.4, -0.2) is 25.2 Å². The lowest BCUT2D eigenvalue weighted by atomic mass is 9.98. The smallest absolute Gasteiger partial charge is 0.324 e. The summed E-state index contributed by atoms with van der Waals surface area (Å²) in [6.07, 6.45) is 8.66. The van der Waals surface area contributed by atoms with Crippen molar-refractivity contribution in [2.45, 2.75) is 51.5 Å². The third-order valence-electron chi connectivity index (χ3n) is 5.62. The molecule has 0 heterocycles. The topological polar surface area (TPSA) is 78.3 Å². The van der Waals surface area contributed by atoms with Crippen molar-refractivity contribution in [3.8, 4) is 0 Å². The minimum atomic E-state index is -0.701. The van der Waals surface area contributed by atoms with E-state index in [1.165, 1.54) is 33.4 Å². The second kappa shape index (κ2) is 10.4. The number of hydrogen-bond donors (Lipinski definition) is 2. The minimum Gasteiger partial charge on any atom is -0.464 e. The molecule has 0 radical (unpaired) electrons. The molecule has 0 spiro atoms. The van der Waals surface area contributed by atoms with Gasteiger partial charge in [0.25, 0.3) is 0 Å². The fourth-order valence-corrected chi connectivity index (χ4v) is 3.91. The second-order valence-corrected chi connectivity index (χ2v) is 7.83. The number of nitrogens with two attached hydrogens (primary N) is 2. The van der Waals surface area contributed by atoms with Gasteiger partial charge in [-0.15, -0.1) is 0 Å². The average Bonchev–Trinajstić information content (AvgIpc) is 3.17. The van der Waals surface area contributed by atoms with E-state index in [0.29, 0.717) is 6.61 Å². The van der Waals surface area contributed by atoms with Crippen LogP contribution in [0.25, 0.3) is 11.6 Å². The second-order valence-electron chi connectivity index (χ2n) is 7.83. The van der Waals surface area contributed by atoms with Crippen LogP contribution in [0.5, 0.6) is 0 Å². The summed E-state index contributed by atoms with van der Waals surface area (Å²) in [5, 5.41) is 0. The molecule has 2 aromatic carbocycles. The first-order chi connectivity index (χ1) is 14.1. The molecule has 2 aromatic rings. The van der Waals surface area contributed by atoms with Gasteiger partial charge < -0.3 is 16.2 Å². The van der Waals surface area contributed by atoms with Crippen LogP contribution in [0, 0.1) is 6.92 Å². The molecule has 0 aromatic heterocycles. The highest BCUT2D eigenvalue weighted by atomic mass is 16.5. The Labute approximate surface area is 173 Å². The van der Waals surface area contributed by atoms with Gasteiger partial charge in [0.2, 0.25) is 0 Å². The highest BCUT2D eigenvalue weighted by Crippen LogP contribution is 2.35. The van der Waals surface area contributed by atoms with Crippen LogP contribution in [0.3, 0.4) is 0 Å². The third-order valence-corrected chi connectivity index (χ3v) is 5.62. The van der Waals surface area contributed by atoms with Crippen molar-refractivity contribution in [3.05, 3.63) is 70.3 Å². The zero-order valence-electron chi connectivity index (χ0n) is 17.3. The molecule has 0 bridgehead atoms. The molecule has 4 heteroatoms. The van der Waals surface area contributed by atoms with E-state index in [9.17, 15) is 4.79 Å². The van der Waals surface area contributed by atoms with Crippen LogP contribution in [-0.2, 0) is 22.4 Å². The van der Waals surface area contributed by atoms with Gasteiger partial charge in [-0.25, -0.2) is 0 Å². The molecule has 29 heavy (non-hydrogen) atoms. The highest BCUT2D eigenvalue weighted by molar-refractivity contribution is 5.90. The summed E-state index contributed by atoms with van der Waals surface area (Å²) in [7, 11) is 0. The molecule has 4 nitrogen and oxygen atoms in total. The Morgan fingerprint density at radius 3 is 2.66 bits per heavy atom. The summed E-state index contributed by atoms with van der Waals surface area (Å²) in [6, 6.07) is 14.6. The number of benzene rings is 2. The first-order valence-corrected chi connectivity index (χ1v) is 10.6. The molecule has 0 saturated carbocycles. The van der Waals surface area contributed by atoms with E-state index in [4.69, 9.17) is 16.2 Å². The molecule has 4 N–H and O–H groups in total. The number of carbonyl (C=O) groups is 1. The SMILES string of the molecule is Cc1ccccc1C1=Cc2c(CCCCCCOC(=O)C(N)CN)cccc2C1. The maximum atomic E-state index is 11.5. The van der Waals surface area contributed by atoms with E-state index < -0.39 is 12.0 Å². The fraction of sp³-hybridized carbons (Fsp3) is 0.400. The largest absolute Gasteiger partial charge is 0.464 e. The Bertz CT molecular complexity index is 873. The van der Waals surface area contributed by atoms with Gasteiger partial charge in [-0.05, 0) is 66.0 Å². The molecule has 1 aliphatic carbocycles. The molecule has 154 valence electrons. The van der Waals surface area contributed by atoms with Crippen molar-refractivity contribution in [3.63, 3.8) is 0 Å². The molecule has 0 aliphatic heterocycles. The number of ether oxygens (including phenoxy) is 1. The van der Waals surface area contributed by atoms with E-state index in [0.717, 1.165) is 38.5 Å². The summed E-state index contributed by atoms with van der Waals surface area (Å²) in [6.45, 7) is 2.73. The number of aryl methyl sites for hydroxylation is 2. The number of esters is 1. The van der Waals surface area contributed by atoms with Crippen molar-refractivity contribution < 1.29 is 9.53 Å². The fourth-order valence-electron chi connectivity index (χ4n) is 3.91. The van der Waals surface area contributed by atoms with E-state index in [-0.39, 0.29) is 6.54 Å². The molecular weight excluding hydrogens is 360 g/mol. The minimum absolute atomic E-state index is 0.125. The van der Waals surface area contributed by atoms with Crippen molar-refractivity contribution in [2.75, 3.05) is 13.2 Å². The summed E-state index contributed by atoms with van der Waals surface area (Å²) in [5.41, 5.74) is 19.3. The lowest BCUT2D eigenvalue weighted by Gasteiger charge is -2.09. The van der Waals surface area contributed by atoms with E-state index in [2.05, 4.69) is 55.5 Å². The van der Waals surface area contributed by atoms with Gasteiger partial charge in [0.05, 0.1) is 6.61 Å². The van der Waals surface area contributed by atoms with E-state index >= 15 is 0 Å². The molecule has 1 aliphatic rings. The standard InChI is InChI=1S/C25H32N2O2/c1-18-9-5-6-13-22(18)21-15-20-12-8-11-19(23(20)16-21)10-4-2-3-7-14-29-25(28)24(27)17-26/h5-6,8-9,11-13,16,24H,2-4,7,10,14-15,17,26-27H2,1H3. The molecule has 0 fully saturated rings. The Morgan fingerprint density at radius 2 is 1.86 bits per heavy atom. The summed E-state index contributed by atoms with van der Waals surface area (Å²) < 4.78 is 5.13. The average molecular weight is 393 g/mol. The summed E-state index contributed by atoms with van der Waals surface area (Å²) in [4.78, 5) is 11.5. The maximum Gasteiger partial charge on any atom is 0.324 e. The van der Waals surface area contributed by atoms with Crippen molar-refractivity contribution in [1.82, 2.24) is 0 Å². The number of rotatable bonds is 10. The first kappa shape index (κ1) is 21.3. The maximum absolute atomic E-state index is 11.5. The lowest BCUT2D eigenvalue weighted by Crippen LogP contribution is -2.39. The van der Waals surface area contributed by atoms with Crippen LogP contribution in [0.4, 0.5) is 0 Å². The van der Waals surface area contributed by atoms with Gasteiger partial charge in [-0.1, -0.05) is 61.4 Å². The molecule has 1 atom stereocenters. The Morgan fingerprint density at radius 1 is 1.07 bits per heavy atom. The van der Waals surface area contributed by atoms with Crippen LogP contribution in [0.1, 0.15) is 53.5 Å². The number of hydrogen-bond acceptors (Lipinski definition) is 4. The highest BCUT2D eigenvalue weighted by Gasteiger charge is 2.17. The monoisotopic (exact) mass is 392 g/mol. The van der Waals surface area contributed by atoms with E-state index in [1.54, 1.807) is 0 Å². The van der Waals surface area contributed by atoms with Gasteiger partial charge >= 0.3 is 5.97 Å². The quantitative estimate of drug-likeness (QED) is 0.473. The van der Waals surface area contributed by atoms with Crippen LogP contribution < -0.4 is 11.5 Å². The Balaban J connectivity index is 1.47. The molecule has 0 amide bonds. The van der Waals surface area contributed by atoms with Crippen LogP contribution in [0.15, 0.2) is 42.5 Å². The zero-order chi connectivity index (χ0) is 20.6. The lowest BCUT2D eigenvalue weighted by molar-refractivity contribution is -0.145. The normalized spacial score (nSPS) is 13.7. The van der Waals surface area contributed by atoms with Gasteiger partial charge in [-0.2, -0.15) is 0 Å². The first-order valence-electron chi connectivity index (χ1n) is 10.6. The zero-order valence-corrected chi connectivity index (χ0v) is 17.3. The molecule has 3 rings (SSSR count). The predicted molar refractivity (Wildman–Crippen MR) is 119 cm³/mol. The van der Waals surface area contributed by atoms with Gasteiger partial charge in [0.1, 0.15) is 6.04 Å². The number of unbranched alkanes of at least 4 members (excludes halogenated alkanes) is 3. The Hall–Kier alpha value is -2.43. The van der Waals surface area contributed by atoms with Crippen LogP contribution in [0.2, 0.25) is 0 Å². The number of fused-ring (bicyclic) bond motifs is 1. The predicted octanol–water partition coefficient (Wildman–Crippen LogP) is 4.02. The van der Waals surface area contributed by atoms with Crippen molar-refractivity contribution in [1.29, 1.82) is 0 Å². The number of allylic oxidation sites excluding steroid dienone is 1. The third kappa shape index (κ3) is 5.55. The summed E-state index contributed by atoms with van der Waals surface area (Å²) in [5.74, 6) is -0.399. The molecule has 1 unspecified atom stereocenters. The summed E-state index contributed by atoms with van der Waals surface area (Å²) >= 11 is 0. The van der Waals surface area contributed by atoms with Gasteiger partial charge in [0, 0.05) is 6.54 Å².